The van der Waals surface area contributed by atoms with Crippen LogP contribution >= 0.6 is 23.2 Å². The second-order valence-corrected chi connectivity index (χ2v) is 7.04. The van der Waals surface area contributed by atoms with Crippen LogP contribution in [0.5, 0.6) is 0 Å². The average molecular weight is 421 g/mol. The fraction of sp³-hybridized carbons (Fsp3) is 0.250. The highest BCUT2D eigenvalue weighted by Gasteiger charge is 2.46. The summed E-state index contributed by atoms with van der Waals surface area (Å²) < 4.78 is 5.10. The van der Waals surface area contributed by atoms with Gasteiger partial charge in [-0.05, 0) is 37.3 Å². The van der Waals surface area contributed by atoms with Crippen LogP contribution in [0.2, 0.25) is 10.0 Å². The molecular formula is C20H18Cl2N2O4. The molecular weight excluding hydrogens is 403 g/mol. The summed E-state index contributed by atoms with van der Waals surface area (Å²) in [5.41, 5.74) is 0.885. The number of nitrogens with zero attached hydrogens (tertiary/aromatic N) is 1. The second-order valence-electron chi connectivity index (χ2n) is 6.22. The van der Waals surface area contributed by atoms with E-state index in [1.54, 1.807) is 31.2 Å². The molecule has 2 atom stereocenters. The topological polar surface area (TPSA) is 75.7 Å². The Morgan fingerprint density at radius 3 is 2.50 bits per heavy atom. The lowest BCUT2D eigenvalue weighted by molar-refractivity contribution is -0.148. The Morgan fingerprint density at radius 2 is 1.86 bits per heavy atom. The molecule has 6 nitrogen and oxygen atoms in total. The largest absolute Gasteiger partial charge is 0.466 e. The first-order valence-electron chi connectivity index (χ1n) is 8.71. The number of halogens is 2. The van der Waals surface area contributed by atoms with Crippen LogP contribution in [0, 0.1) is 5.92 Å². The van der Waals surface area contributed by atoms with Crippen molar-refractivity contribution >= 4 is 46.7 Å². The molecule has 0 spiro atoms. The highest BCUT2D eigenvalue weighted by atomic mass is 35.5. The van der Waals surface area contributed by atoms with Gasteiger partial charge in [-0.25, -0.2) is 0 Å². The summed E-state index contributed by atoms with van der Waals surface area (Å²) >= 11 is 11.8. The molecule has 0 saturated carbocycles. The van der Waals surface area contributed by atoms with E-state index in [2.05, 4.69) is 5.32 Å². The van der Waals surface area contributed by atoms with Gasteiger partial charge in [0.05, 0.1) is 16.7 Å². The number of esters is 1. The van der Waals surface area contributed by atoms with Gasteiger partial charge in [0.25, 0.3) is 11.8 Å². The minimum Gasteiger partial charge on any atom is -0.466 e. The predicted octanol–water partition coefficient (Wildman–Crippen LogP) is 3.32. The molecule has 2 aromatic carbocycles. The van der Waals surface area contributed by atoms with Gasteiger partial charge in [0.1, 0.15) is 12.0 Å². The third kappa shape index (κ3) is 4.13. The summed E-state index contributed by atoms with van der Waals surface area (Å²) in [6, 6.07) is 12.3. The zero-order valence-corrected chi connectivity index (χ0v) is 16.5. The van der Waals surface area contributed by atoms with Crippen LogP contribution in [0.25, 0.3) is 0 Å². The average Bonchev–Trinajstić information content (AvgIpc) is 3.01. The molecule has 2 aromatic rings. The van der Waals surface area contributed by atoms with Gasteiger partial charge in [-0.1, -0.05) is 41.4 Å². The third-order valence-corrected chi connectivity index (χ3v) is 5.18. The van der Waals surface area contributed by atoms with E-state index in [9.17, 15) is 14.4 Å². The molecule has 1 aliphatic rings. The summed E-state index contributed by atoms with van der Waals surface area (Å²) in [5.74, 6) is -2.26. The highest BCUT2D eigenvalue weighted by Crippen LogP contribution is 2.27. The fourth-order valence-electron chi connectivity index (χ4n) is 3.06. The van der Waals surface area contributed by atoms with Gasteiger partial charge < -0.3 is 15.0 Å². The van der Waals surface area contributed by atoms with Gasteiger partial charge in [0, 0.05) is 17.8 Å². The molecule has 0 radical (unpaired) electrons. The molecule has 0 unspecified atom stereocenters. The minimum atomic E-state index is -1.04. The Bertz CT molecular complexity index is 904. The van der Waals surface area contributed by atoms with Crippen molar-refractivity contribution in [3.63, 3.8) is 0 Å². The minimum absolute atomic E-state index is 0.119. The van der Waals surface area contributed by atoms with Gasteiger partial charge in [0.2, 0.25) is 0 Å². The van der Waals surface area contributed by atoms with Crippen LogP contribution in [0.15, 0.2) is 48.5 Å². The first-order valence-corrected chi connectivity index (χ1v) is 9.47. The maximum absolute atomic E-state index is 13.0. The van der Waals surface area contributed by atoms with Crippen molar-refractivity contribution in [3.05, 3.63) is 64.1 Å². The van der Waals surface area contributed by atoms with Gasteiger partial charge in [0.15, 0.2) is 0 Å². The van der Waals surface area contributed by atoms with Crippen LogP contribution in [0.4, 0.5) is 5.69 Å². The number of nitrogens with one attached hydrogen (secondary N) is 1. The number of anilines is 1. The van der Waals surface area contributed by atoms with E-state index in [0.717, 1.165) is 0 Å². The standard InChI is InChI=1S/C20H18Cl2N2O4/c1-2-28-20(27)14-11-24(13-6-4-3-5-7-13)19(26)17(14)23-18(25)12-8-9-15(21)16(22)10-12/h3-10,14,17H,2,11H2,1H3,(H,23,25)/t14-,17-/m0/s1. The zero-order chi connectivity index (χ0) is 20.3. The number of amides is 2. The SMILES string of the molecule is CCOC(=O)[C@H]1CN(c2ccccc2)C(=O)[C@H]1NC(=O)c1ccc(Cl)c(Cl)c1. The van der Waals surface area contributed by atoms with E-state index in [1.807, 2.05) is 6.07 Å². The number of para-hydroxylation sites is 1. The lowest BCUT2D eigenvalue weighted by atomic mass is 10.0. The predicted molar refractivity (Wildman–Crippen MR) is 107 cm³/mol. The molecule has 3 rings (SSSR count). The molecule has 0 aliphatic carbocycles. The van der Waals surface area contributed by atoms with Crippen LogP contribution in [0.3, 0.4) is 0 Å². The van der Waals surface area contributed by atoms with Crippen molar-refractivity contribution in [1.82, 2.24) is 5.32 Å². The number of carbonyl (C=O) groups is 3. The summed E-state index contributed by atoms with van der Waals surface area (Å²) in [6.45, 7) is 1.99. The van der Waals surface area contributed by atoms with Gasteiger partial charge >= 0.3 is 5.97 Å². The number of hydrogen-bond donors (Lipinski definition) is 1. The maximum atomic E-state index is 13.0. The van der Waals surface area contributed by atoms with Crippen molar-refractivity contribution in [3.8, 4) is 0 Å². The van der Waals surface area contributed by atoms with E-state index in [4.69, 9.17) is 27.9 Å². The Kier molecular flexibility index (Phi) is 6.21. The number of ether oxygens (including phenoxy) is 1. The molecule has 2 amide bonds. The van der Waals surface area contributed by atoms with Gasteiger partial charge in [-0.2, -0.15) is 0 Å². The smallest absolute Gasteiger partial charge is 0.313 e. The zero-order valence-electron chi connectivity index (χ0n) is 15.0. The highest BCUT2D eigenvalue weighted by molar-refractivity contribution is 6.42. The van der Waals surface area contributed by atoms with Crippen LogP contribution in [0.1, 0.15) is 17.3 Å². The summed E-state index contributed by atoms with van der Waals surface area (Å²) in [7, 11) is 0. The van der Waals surface area contributed by atoms with Crippen LogP contribution in [-0.2, 0) is 14.3 Å². The van der Waals surface area contributed by atoms with Crippen molar-refractivity contribution in [2.45, 2.75) is 13.0 Å². The third-order valence-electron chi connectivity index (χ3n) is 4.44. The Labute approximate surface area is 172 Å². The Morgan fingerprint density at radius 1 is 1.14 bits per heavy atom. The fourth-order valence-corrected chi connectivity index (χ4v) is 3.35. The summed E-state index contributed by atoms with van der Waals surface area (Å²) in [4.78, 5) is 39.5. The van der Waals surface area contributed by atoms with Crippen LogP contribution in [-0.4, -0.2) is 37.0 Å². The molecule has 1 heterocycles. The molecule has 1 N–H and O–H groups in total. The molecule has 28 heavy (non-hydrogen) atoms. The quantitative estimate of drug-likeness (QED) is 0.752. The number of carbonyl (C=O) groups excluding carboxylic acids is 3. The van der Waals surface area contributed by atoms with Crippen molar-refractivity contribution in [1.29, 1.82) is 0 Å². The van der Waals surface area contributed by atoms with E-state index >= 15 is 0 Å². The number of benzene rings is 2. The van der Waals surface area contributed by atoms with Crippen molar-refractivity contribution < 1.29 is 19.1 Å². The molecule has 0 bridgehead atoms. The van der Waals surface area contributed by atoms with E-state index < -0.39 is 23.8 Å². The van der Waals surface area contributed by atoms with E-state index in [-0.39, 0.29) is 29.6 Å². The van der Waals surface area contributed by atoms with E-state index in [1.165, 1.54) is 23.1 Å². The lowest BCUT2D eigenvalue weighted by Gasteiger charge is -2.17. The molecule has 1 aliphatic heterocycles. The normalized spacial score (nSPS) is 18.8. The van der Waals surface area contributed by atoms with Crippen molar-refractivity contribution in [2.75, 3.05) is 18.1 Å². The second kappa shape index (κ2) is 8.63. The van der Waals surface area contributed by atoms with Gasteiger partial charge in [-0.15, -0.1) is 0 Å². The van der Waals surface area contributed by atoms with E-state index in [0.29, 0.717) is 10.7 Å². The van der Waals surface area contributed by atoms with Gasteiger partial charge in [-0.3, -0.25) is 14.4 Å². The first kappa shape index (κ1) is 20.2. The first-order chi connectivity index (χ1) is 13.4. The Hall–Kier alpha value is -2.57. The summed E-state index contributed by atoms with van der Waals surface area (Å²) in [5, 5.41) is 3.18. The molecule has 1 fully saturated rings. The number of hydrogen-bond acceptors (Lipinski definition) is 4. The Balaban J connectivity index is 1.86. The molecule has 1 saturated heterocycles. The monoisotopic (exact) mass is 420 g/mol. The molecule has 0 aromatic heterocycles. The summed E-state index contributed by atoms with van der Waals surface area (Å²) in [6.07, 6.45) is 0. The number of rotatable bonds is 5. The molecule has 8 heteroatoms. The molecule has 146 valence electrons. The maximum Gasteiger partial charge on any atom is 0.313 e. The van der Waals surface area contributed by atoms with Crippen molar-refractivity contribution in [2.24, 2.45) is 5.92 Å². The lowest BCUT2D eigenvalue weighted by Crippen LogP contribution is -2.46. The van der Waals surface area contributed by atoms with Crippen LogP contribution < -0.4 is 10.2 Å².